The number of H-pyrrole nitrogens is 1. The van der Waals surface area contributed by atoms with Crippen LogP contribution in [0.4, 0.5) is 0 Å². The third kappa shape index (κ3) is 4.67. The number of fused-ring (bicyclic) bond motifs is 1. The van der Waals surface area contributed by atoms with Gasteiger partial charge < -0.3 is 29.8 Å². The van der Waals surface area contributed by atoms with Gasteiger partial charge in [-0.25, -0.2) is 0 Å². The smallest absolute Gasteiger partial charge is 0.253 e. The van der Waals surface area contributed by atoms with Crippen molar-refractivity contribution in [1.82, 2.24) is 15.2 Å². The van der Waals surface area contributed by atoms with Crippen LogP contribution >= 0.6 is 0 Å². The molecular formula is C25H31N3O4. The first-order valence-electron chi connectivity index (χ1n) is 11.0. The number of aromatic amines is 1. The molecule has 7 nitrogen and oxygen atoms in total. The molecule has 3 aromatic rings. The standard InChI is InChI=1S/C25H31N3O4/c1-16-24(20-15-19(29)5-6-21(20)26-16)25(30)27-18-9-12-28(13-10-18)11-8-17-4-7-22(31-2)23(14-17)32-3/h4-7,14-15,18,26,29H,8-13H2,1-3H3,(H,27,30). The molecule has 0 radical (unpaired) electrons. The number of ether oxygens (including phenoxy) is 2. The molecule has 170 valence electrons. The number of aromatic hydroxyl groups is 1. The molecule has 7 heteroatoms. The minimum absolute atomic E-state index is 0.0804. The summed E-state index contributed by atoms with van der Waals surface area (Å²) in [5.74, 6) is 1.58. The summed E-state index contributed by atoms with van der Waals surface area (Å²) in [6, 6.07) is 11.3. The van der Waals surface area contributed by atoms with Crippen LogP contribution in [0.1, 0.15) is 34.5 Å². The van der Waals surface area contributed by atoms with Crippen LogP contribution in [0.3, 0.4) is 0 Å². The predicted octanol–water partition coefficient (Wildman–Crippen LogP) is 3.64. The number of aromatic nitrogens is 1. The number of carbonyl (C=O) groups excluding carboxylic acids is 1. The number of nitrogens with zero attached hydrogens (tertiary/aromatic N) is 1. The van der Waals surface area contributed by atoms with Crippen molar-refractivity contribution in [2.24, 2.45) is 0 Å². The van der Waals surface area contributed by atoms with Gasteiger partial charge in [0.05, 0.1) is 19.8 Å². The zero-order valence-corrected chi connectivity index (χ0v) is 18.9. The summed E-state index contributed by atoms with van der Waals surface area (Å²) < 4.78 is 10.7. The first kappa shape index (κ1) is 22.0. The lowest BCUT2D eigenvalue weighted by Gasteiger charge is -2.32. The van der Waals surface area contributed by atoms with Crippen LogP contribution in [-0.4, -0.2) is 60.8 Å². The van der Waals surface area contributed by atoms with Crippen LogP contribution in [0.2, 0.25) is 0 Å². The summed E-state index contributed by atoms with van der Waals surface area (Å²) in [6.07, 6.45) is 2.78. The lowest BCUT2D eigenvalue weighted by atomic mass is 10.0. The van der Waals surface area contributed by atoms with Crippen molar-refractivity contribution in [3.8, 4) is 17.2 Å². The summed E-state index contributed by atoms with van der Waals surface area (Å²) >= 11 is 0. The van der Waals surface area contributed by atoms with E-state index in [1.165, 1.54) is 5.56 Å². The van der Waals surface area contributed by atoms with Crippen LogP contribution in [0.25, 0.3) is 10.9 Å². The molecule has 0 aliphatic carbocycles. The quantitative estimate of drug-likeness (QED) is 0.525. The number of rotatable bonds is 7. The second-order valence-electron chi connectivity index (χ2n) is 8.38. The molecule has 2 heterocycles. The maximum Gasteiger partial charge on any atom is 0.253 e. The van der Waals surface area contributed by atoms with Gasteiger partial charge in [0.1, 0.15) is 5.75 Å². The Labute approximate surface area is 188 Å². The summed E-state index contributed by atoms with van der Waals surface area (Å²) in [5, 5.41) is 13.8. The lowest BCUT2D eigenvalue weighted by molar-refractivity contribution is 0.0912. The lowest BCUT2D eigenvalue weighted by Crippen LogP contribution is -2.45. The Balaban J connectivity index is 1.30. The molecule has 1 aromatic heterocycles. The third-order valence-corrected chi connectivity index (χ3v) is 6.28. The summed E-state index contributed by atoms with van der Waals surface area (Å²) in [5.41, 5.74) is 3.51. The Morgan fingerprint density at radius 3 is 2.59 bits per heavy atom. The highest BCUT2D eigenvalue weighted by Gasteiger charge is 2.23. The van der Waals surface area contributed by atoms with E-state index < -0.39 is 0 Å². The second-order valence-corrected chi connectivity index (χ2v) is 8.38. The molecule has 32 heavy (non-hydrogen) atoms. The molecular weight excluding hydrogens is 406 g/mol. The van der Waals surface area contributed by atoms with Crippen molar-refractivity contribution in [2.45, 2.75) is 32.2 Å². The Morgan fingerprint density at radius 2 is 1.88 bits per heavy atom. The van der Waals surface area contributed by atoms with Gasteiger partial charge in [-0.1, -0.05) is 6.07 Å². The highest BCUT2D eigenvalue weighted by Crippen LogP contribution is 2.28. The summed E-state index contributed by atoms with van der Waals surface area (Å²) in [7, 11) is 3.30. The fourth-order valence-corrected chi connectivity index (χ4v) is 4.49. The molecule has 1 amide bonds. The average Bonchev–Trinajstić information content (AvgIpc) is 3.13. The number of hydrogen-bond donors (Lipinski definition) is 3. The van der Waals surface area contributed by atoms with E-state index >= 15 is 0 Å². The van der Waals surface area contributed by atoms with E-state index in [0.29, 0.717) is 5.56 Å². The maximum absolute atomic E-state index is 13.0. The second kappa shape index (κ2) is 9.53. The van der Waals surface area contributed by atoms with Crippen LogP contribution in [0, 0.1) is 6.92 Å². The minimum Gasteiger partial charge on any atom is -0.508 e. The normalized spacial score (nSPS) is 15.1. The van der Waals surface area contributed by atoms with E-state index in [9.17, 15) is 9.90 Å². The molecule has 1 aliphatic rings. The van der Waals surface area contributed by atoms with Gasteiger partial charge in [-0.05, 0) is 62.1 Å². The monoisotopic (exact) mass is 437 g/mol. The van der Waals surface area contributed by atoms with Crippen molar-refractivity contribution < 1.29 is 19.4 Å². The molecule has 0 spiro atoms. The number of hydrogen-bond acceptors (Lipinski definition) is 5. The van der Waals surface area contributed by atoms with Crippen LogP contribution in [-0.2, 0) is 6.42 Å². The van der Waals surface area contributed by atoms with Crippen molar-refractivity contribution in [3.63, 3.8) is 0 Å². The van der Waals surface area contributed by atoms with Crippen LogP contribution in [0.5, 0.6) is 17.2 Å². The van der Waals surface area contributed by atoms with Crippen LogP contribution in [0.15, 0.2) is 36.4 Å². The number of aryl methyl sites for hydroxylation is 1. The largest absolute Gasteiger partial charge is 0.508 e. The maximum atomic E-state index is 13.0. The third-order valence-electron chi connectivity index (χ3n) is 6.28. The SMILES string of the molecule is COc1ccc(CCN2CCC(NC(=O)c3c(C)[nH]c4ccc(O)cc34)CC2)cc1OC. The predicted molar refractivity (Wildman–Crippen MR) is 125 cm³/mol. The molecule has 0 unspecified atom stereocenters. The van der Waals surface area contributed by atoms with Gasteiger partial charge in [0.15, 0.2) is 11.5 Å². The Hall–Kier alpha value is -3.19. The Morgan fingerprint density at radius 1 is 1.12 bits per heavy atom. The minimum atomic E-state index is -0.0804. The molecule has 1 aliphatic heterocycles. The van der Waals surface area contributed by atoms with Crippen LogP contribution < -0.4 is 14.8 Å². The van der Waals surface area contributed by atoms with E-state index in [0.717, 1.165) is 67.0 Å². The molecule has 2 aromatic carbocycles. The first-order valence-corrected chi connectivity index (χ1v) is 11.0. The van der Waals surface area contributed by atoms with E-state index in [2.05, 4.69) is 21.3 Å². The molecule has 0 bridgehead atoms. The van der Waals surface area contributed by atoms with Gasteiger partial charge in [0.25, 0.3) is 5.91 Å². The zero-order valence-electron chi connectivity index (χ0n) is 18.9. The number of amides is 1. The molecule has 0 atom stereocenters. The topological polar surface area (TPSA) is 86.8 Å². The molecule has 3 N–H and O–H groups in total. The number of methoxy groups -OCH3 is 2. The fourth-order valence-electron chi connectivity index (χ4n) is 4.49. The van der Waals surface area contributed by atoms with Gasteiger partial charge in [0.2, 0.25) is 0 Å². The van der Waals surface area contributed by atoms with Crippen molar-refractivity contribution in [2.75, 3.05) is 33.9 Å². The van der Waals surface area contributed by atoms with Gasteiger partial charge in [-0.3, -0.25) is 4.79 Å². The number of carbonyl (C=O) groups is 1. The Bertz CT molecular complexity index is 1100. The number of likely N-dealkylation sites (tertiary alicyclic amines) is 1. The highest BCUT2D eigenvalue weighted by molar-refractivity contribution is 6.08. The van der Waals surface area contributed by atoms with Gasteiger partial charge >= 0.3 is 0 Å². The Kier molecular flexibility index (Phi) is 6.55. The van der Waals surface area contributed by atoms with Crippen molar-refractivity contribution in [1.29, 1.82) is 0 Å². The zero-order chi connectivity index (χ0) is 22.7. The van der Waals surface area contributed by atoms with Crippen molar-refractivity contribution in [3.05, 3.63) is 53.2 Å². The molecule has 4 rings (SSSR count). The van der Waals surface area contributed by atoms with E-state index in [-0.39, 0.29) is 17.7 Å². The van der Waals surface area contributed by atoms with Gasteiger partial charge in [-0.2, -0.15) is 0 Å². The van der Waals surface area contributed by atoms with Gasteiger partial charge in [0, 0.05) is 42.3 Å². The number of piperidine rings is 1. The number of benzene rings is 2. The van der Waals surface area contributed by atoms with E-state index in [1.807, 2.05) is 19.1 Å². The van der Waals surface area contributed by atoms with E-state index in [4.69, 9.17) is 9.47 Å². The fraction of sp³-hybridized carbons (Fsp3) is 0.400. The molecule has 0 saturated carbocycles. The first-order chi connectivity index (χ1) is 15.5. The number of nitrogens with one attached hydrogen (secondary N) is 2. The highest BCUT2D eigenvalue weighted by atomic mass is 16.5. The van der Waals surface area contributed by atoms with E-state index in [1.54, 1.807) is 32.4 Å². The van der Waals surface area contributed by atoms with Crippen molar-refractivity contribution >= 4 is 16.8 Å². The number of phenols is 1. The molecule has 1 saturated heterocycles. The average molecular weight is 438 g/mol. The van der Waals surface area contributed by atoms with Gasteiger partial charge in [-0.15, -0.1) is 0 Å². The summed E-state index contributed by atoms with van der Waals surface area (Å²) in [6.45, 7) is 4.76. The summed E-state index contributed by atoms with van der Waals surface area (Å²) in [4.78, 5) is 18.6. The molecule has 1 fully saturated rings. The number of phenolic OH excluding ortho intramolecular Hbond substituents is 1.